The molecule has 1 aromatic rings. The summed E-state index contributed by atoms with van der Waals surface area (Å²) in [6, 6.07) is 5.54. The molecule has 2 amide bonds. The van der Waals surface area contributed by atoms with Gasteiger partial charge >= 0.3 is 12.6 Å². The number of benzene rings is 1. The van der Waals surface area contributed by atoms with Crippen LogP contribution in [0.5, 0.6) is 5.75 Å². The monoisotopic (exact) mass is 377 g/mol. The van der Waals surface area contributed by atoms with Crippen LogP contribution in [0.2, 0.25) is 0 Å². The Kier molecular flexibility index (Phi) is 6.54. The van der Waals surface area contributed by atoms with Crippen LogP contribution in [0.3, 0.4) is 0 Å². The first kappa shape index (κ1) is 19.4. The van der Waals surface area contributed by atoms with Crippen LogP contribution in [-0.2, 0) is 16.6 Å². The second kappa shape index (κ2) is 8.43. The van der Waals surface area contributed by atoms with Gasteiger partial charge in [-0.2, -0.15) is 8.78 Å². The standard InChI is InChI=1S/C15H21F2N3O4S/c1-25(22,23)20-8-6-12(7-9-20)19-15(21)18-10-11-2-4-13(5-3-11)24-14(16)17/h2-5,12,14H,6-10H2,1H3,(H2,18,19,21). The number of rotatable bonds is 6. The van der Waals surface area contributed by atoms with Crippen LogP contribution in [0.25, 0.3) is 0 Å². The van der Waals surface area contributed by atoms with Gasteiger partial charge < -0.3 is 15.4 Å². The second-order valence-electron chi connectivity index (χ2n) is 5.79. The van der Waals surface area contributed by atoms with Crippen LogP contribution < -0.4 is 15.4 Å². The number of piperidine rings is 1. The van der Waals surface area contributed by atoms with Crippen LogP contribution >= 0.6 is 0 Å². The summed E-state index contributed by atoms with van der Waals surface area (Å²) < 4.78 is 52.6. The Balaban J connectivity index is 1.72. The number of hydrogen-bond acceptors (Lipinski definition) is 4. The summed E-state index contributed by atoms with van der Waals surface area (Å²) in [5.41, 5.74) is 0.740. The summed E-state index contributed by atoms with van der Waals surface area (Å²) >= 11 is 0. The number of amides is 2. The minimum Gasteiger partial charge on any atom is -0.435 e. The molecule has 25 heavy (non-hydrogen) atoms. The lowest BCUT2D eigenvalue weighted by Crippen LogP contribution is -2.48. The summed E-state index contributed by atoms with van der Waals surface area (Å²) in [6.07, 6.45) is 2.28. The van der Waals surface area contributed by atoms with E-state index in [1.165, 1.54) is 22.7 Å². The van der Waals surface area contributed by atoms with Gasteiger partial charge in [-0.3, -0.25) is 0 Å². The van der Waals surface area contributed by atoms with Crippen molar-refractivity contribution in [3.8, 4) is 5.75 Å². The van der Waals surface area contributed by atoms with Crippen molar-refractivity contribution < 1.29 is 26.7 Å². The van der Waals surface area contributed by atoms with Gasteiger partial charge in [0.1, 0.15) is 5.75 Å². The third-order valence-electron chi connectivity index (χ3n) is 3.86. The number of nitrogens with one attached hydrogen (secondary N) is 2. The molecule has 7 nitrogen and oxygen atoms in total. The Hall–Kier alpha value is -1.94. The molecule has 1 aromatic carbocycles. The molecule has 0 unspecified atom stereocenters. The summed E-state index contributed by atoms with van der Waals surface area (Å²) in [5.74, 6) is 0.0563. The molecule has 140 valence electrons. The SMILES string of the molecule is CS(=O)(=O)N1CCC(NC(=O)NCc2ccc(OC(F)F)cc2)CC1. The number of ether oxygens (including phenoxy) is 1. The second-order valence-corrected chi connectivity index (χ2v) is 7.77. The topological polar surface area (TPSA) is 87.7 Å². The first-order chi connectivity index (χ1) is 11.7. The smallest absolute Gasteiger partial charge is 0.387 e. The van der Waals surface area contributed by atoms with Crippen LogP contribution in [0.15, 0.2) is 24.3 Å². The van der Waals surface area contributed by atoms with Crippen molar-refractivity contribution in [2.45, 2.75) is 32.0 Å². The number of nitrogens with zero attached hydrogens (tertiary/aromatic N) is 1. The largest absolute Gasteiger partial charge is 0.435 e. The molecule has 1 aliphatic rings. The lowest BCUT2D eigenvalue weighted by atomic mass is 10.1. The van der Waals surface area contributed by atoms with Gasteiger partial charge in [0.2, 0.25) is 10.0 Å². The van der Waals surface area contributed by atoms with Gasteiger partial charge in [-0.1, -0.05) is 12.1 Å². The average molecular weight is 377 g/mol. The molecule has 2 N–H and O–H groups in total. The summed E-state index contributed by atoms with van der Waals surface area (Å²) in [5, 5.41) is 5.48. The van der Waals surface area contributed by atoms with Crippen molar-refractivity contribution >= 4 is 16.1 Å². The molecule has 0 aliphatic carbocycles. The highest BCUT2D eigenvalue weighted by molar-refractivity contribution is 7.88. The zero-order chi connectivity index (χ0) is 18.4. The Bertz CT molecular complexity index is 675. The fourth-order valence-electron chi connectivity index (χ4n) is 2.54. The maximum Gasteiger partial charge on any atom is 0.387 e. The lowest BCUT2D eigenvalue weighted by Gasteiger charge is -2.30. The summed E-state index contributed by atoms with van der Waals surface area (Å²) in [6.45, 7) is -1.86. The van der Waals surface area contributed by atoms with Crippen molar-refractivity contribution in [3.05, 3.63) is 29.8 Å². The molecule has 10 heteroatoms. The minimum absolute atomic E-state index is 0.0563. The highest BCUT2D eigenvalue weighted by Crippen LogP contribution is 2.15. The lowest BCUT2D eigenvalue weighted by molar-refractivity contribution is -0.0498. The van der Waals surface area contributed by atoms with Crippen LogP contribution in [0.4, 0.5) is 13.6 Å². The van der Waals surface area contributed by atoms with Crippen LogP contribution in [0.1, 0.15) is 18.4 Å². The number of carbonyl (C=O) groups is 1. The molecule has 0 bridgehead atoms. The van der Waals surface area contributed by atoms with Crippen molar-refractivity contribution in [2.75, 3.05) is 19.3 Å². The molecule has 1 aliphatic heterocycles. The Labute approximate surface area is 145 Å². The molecule has 2 rings (SSSR count). The number of carbonyl (C=O) groups excluding carboxylic acids is 1. The van der Waals surface area contributed by atoms with Crippen molar-refractivity contribution in [3.63, 3.8) is 0 Å². The zero-order valence-corrected chi connectivity index (χ0v) is 14.6. The van der Waals surface area contributed by atoms with E-state index in [2.05, 4.69) is 15.4 Å². The van der Waals surface area contributed by atoms with Crippen molar-refractivity contribution in [1.82, 2.24) is 14.9 Å². The average Bonchev–Trinajstić information content (AvgIpc) is 2.53. The van der Waals surface area contributed by atoms with Gasteiger partial charge in [0.25, 0.3) is 0 Å². The van der Waals surface area contributed by atoms with E-state index in [1.807, 2.05) is 0 Å². The summed E-state index contributed by atoms with van der Waals surface area (Å²) in [4.78, 5) is 11.9. The number of urea groups is 1. The van der Waals surface area contributed by atoms with Crippen molar-refractivity contribution in [1.29, 1.82) is 0 Å². The number of hydrogen-bond donors (Lipinski definition) is 2. The van der Waals surface area contributed by atoms with Gasteiger partial charge in [0, 0.05) is 25.7 Å². The first-order valence-corrected chi connectivity index (χ1v) is 9.62. The Morgan fingerprint density at radius 3 is 2.40 bits per heavy atom. The predicted octanol–water partition coefficient (Wildman–Crippen LogP) is 1.51. The predicted molar refractivity (Wildman–Crippen MR) is 87.9 cm³/mol. The fourth-order valence-corrected chi connectivity index (χ4v) is 3.41. The number of alkyl halides is 2. The van der Waals surface area contributed by atoms with E-state index in [4.69, 9.17) is 0 Å². The third-order valence-corrected chi connectivity index (χ3v) is 5.16. The molecule has 0 spiro atoms. The van der Waals surface area contributed by atoms with E-state index < -0.39 is 16.6 Å². The number of halogens is 2. The summed E-state index contributed by atoms with van der Waals surface area (Å²) in [7, 11) is -3.19. The van der Waals surface area contributed by atoms with E-state index in [-0.39, 0.29) is 24.4 Å². The maximum atomic E-state index is 12.1. The van der Waals surface area contributed by atoms with E-state index in [9.17, 15) is 22.0 Å². The molecular weight excluding hydrogens is 356 g/mol. The van der Waals surface area contributed by atoms with E-state index in [1.54, 1.807) is 12.1 Å². The minimum atomic E-state index is -3.19. The fraction of sp³-hybridized carbons (Fsp3) is 0.533. The van der Waals surface area contributed by atoms with Gasteiger partial charge in [-0.25, -0.2) is 17.5 Å². The molecule has 0 atom stereocenters. The van der Waals surface area contributed by atoms with Gasteiger partial charge in [0.15, 0.2) is 0 Å². The highest BCUT2D eigenvalue weighted by Gasteiger charge is 2.25. The van der Waals surface area contributed by atoms with Crippen molar-refractivity contribution in [2.24, 2.45) is 0 Å². The molecule has 0 aromatic heterocycles. The van der Waals surface area contributed by atoms with Gasteiger partial charge in [-0.05, 0) is 30.5 Å². The molecular formula is C15H21F2N3O4S. The molecule has 1 heterocycles. The van der Waals surface area contributed by atoms with Gasteiger partial charge in [-0.15, -0.1) is 0 Å². The molecule has 0 saturated carbocycles. The van der Waals surface area contributed by atoms with E-state index in [0.717, 1.165) is 5.56 Å². The molecule has 1 fully saturated rings. The number of sulfonamides is 1. The Morgan fingerprint density at radius 2 is 1.88 bits per heavy atom. The zero-order valence-electron chi connectivity index (χ0n) is 13.7. The molecule has 1 saturated heterocycles. The third kappa shape index (κ3) is 6.46. The normalized spacial score (nSPS) is 16.6. The quantitative estimate of drug-likeness (QED) is 0.787. The molecule has 0 radical (unpaired) electrons. The van der Waals surface area contributed by atoms with Gasteiger partial charge in [0.05, 0.1) is 6.26 Å². The van der Waals surface area contributed by atoms with Crippen LogP contribution in [0, 0.1) is 0 Å². The Morgan fingerprint density at radius 1 is 1.28 bits per heavy atom. The highest BCUT2D eigenvalue weighted by atomic mass is 32.2. The maximum absolute atomic E-state index is 12.1. The first-order valence-electron chi connectivity index (χ1n) is 7.77. The van der Waals surface area contributed by atoms with Crippen LogP contribution in [-0.4, -0.2) is 50.8 Å². The van der Waals surface area contributed by atoms with E-state index in [0.29, 0.717) is 25.9 Å². The van der Waals surface area contributed by atoms with E-state index >= 15 is 0 Å².